The smallest absolute Gasteiger partial charge is 0.188 e. The van der Waals surface area contributed by atoms with Crippen LogP contribution in [0.4, 0.5) is 4.39 Å². The van der Waals surface area contributed by atoms with Gasteiger partial charge in [-0.1, -0.05) is 58.4 Å². The van der Waals surface area contributed by atoms with E-state index >= 15 is 0 Å². The summed E-state index contributed by atoms with van der Waals surface area (Å²) in [5.74, 6) is 1.68. The molecule has 0 aromatic heterocycles. The maximum Gasteiger partial charge on any atom is 0.188 e. The molecule has 39 heavy (non-hydrogen) atoms. The highest BCUT2D eigenvalue weighted by Gasteiger charge is 2.19. The van der Waals surface area contributed by atoms with Crippen molar-refractivity contribution >= 4 is 28.2 Å². The summed E-state index contributed by atoms with van der Waals surface area (Å²) in [6.45, 7) is 4.36. The molecule has 1 heterocycles. The lowest BCUT2D eigenvalue weighted by atomic mass is 9.96. The SMILES string of the molecule is CN=C(N)NCC1CCN(Cc2ccccc2)CC1.COc1ccc(Br)cc1CCc1c(F)cccc1C=O. The fourth-order valence-electron chi connectivity index (χ4n) is 4.67. The van der Waals surface area contributed by atoms with E-state index in [4.69, 9.17) is 10.5 Å². The average molecular weight is 598 g/mol. The number of carbonyl (C=O) groups excluding carboxylic acids is 1. The third-order valence-electron chi connectivity index (χ3n) is 6.94. The summed E-state index contributed by atoms with van der Waals surface area (Å²) in [7, 11) is 3.32. The number of rotatable bonds is 9. The van der Waals surface area contributed by atoms with E-state index in [9.17, 15) is 9.18 Å². The molecule has 0 saturated carbocycles. The molecule has 1 saturated heterocycles. The predicted molar refractivity (Wildman–Crippen MR) is 160 cm³/mol. The number of hydrogen-bond acceptors (Lipinski definition) is 4. The zero-order valence-electron chi connectivity index (χ0n) is 22.7. The number of halogens is 2. The number of hydrogen-bond donors (Lipinski definition) is 2. The fourth-order valence-corrected chi connectivity index (χ4v) is 5.08. The minimum Gasteiger partial charge on any atom is -0.496 e. The van der Waals surface area contributed by atoms with Crippen LogP contribution in [0.5, 0.6) is 5.75 Å². The molecule has 3 aromatic rings. The van der Waals surface area contributed by atoms with Crippen molar-refractivity contribution in [1.29, 1.82) is 0 Å². The predicted octanol–water partition coefficient (Wildman–Crippen LogP) is 5.63. The van der Waals surface area contributed by atoms with E-state index < -0.39 is 0 Å². The molecule has 8 heteroatoms. The molecular weight excluding hydrogens is 559 g/mol. The first-order chi connectivity index (χ1) is 18.9. The highest BCUT2D eigenvalue weighted by atomic mass is 79.9. The lowest BCUT2D eigenvalue weighted by Gasteiger charge is -2.32. The van der Waals surface area contributed by atoms with Crippen molar-refractivity contribution in [2.75, 3.05) is 33.8 Å². The summed E-state index contributed by atoms with van der Waals surface area (Å²) in [6, 6.07) is 20.9. The first-order valence-corrected chi connectivity index (χ1v) is 14.0. The van der Waals surface area contributed by atoms with E-state index in [2.05, 4.69) is 61.5 Å². The Morgan fingerprint density at radius 1 is 1.13 bits per heavy atom. The molecule has 3 aromatic carbocycles. The van der Waals surface area contributed by atoms with Gasteiger partial charge in [-0.25, -0.2) is 4.39 Å². The second-order valence-electron chi connectivity index (χ2n) is 9.58. The Kier molecular flexibility index (Phi) is 12.4. The van der Waals surface area contributed by atoms with Gasteiger partial charge in [-0.15, -0.1) is 0 Å². The molecule has 0 spiro atoms. The summed E-state index contributed by atoms with van der Waals surface area (Å²) < 4.78 is 20.0. The van der Waals surface area contributed by atoms with E-state index in [1.165, 1.54) is 37.6 Å². The number of aldehydes is 1. The largest absolute Gasteiger partial charge is 0.496 e. The van der Waals surface area contributed by atoms with Gasteiger partial charge in [-0.2, -0.15) is 0 Å². The van der Waals surface area contributed by atoms with Crippen LogP contribution < -0.4 is 15.8 Å². The molecule has 0 bridgehead atoms. The van der Waals surface area contributed by atoms with E-state index in [1.54, 1.807) is 26.3 Å². The van der Waals surface area contributed by atoms with Crippen molar-refractivity contribution in [2.24, 2.45) is 16.6 Å². The fraction of sp³-hybridized carbons (Fsp3) is 0.355. The van der Waals surface area contributed by atoms with Crippen LogP contribution in [0.15, 0.2) is 76.2 Å². The molecule has 0 radical (unpaired) electrons. The number of nitrogens with two attached hydrogens (primary N) is 1. The first-order valence-electron chi connectivity index (χ1n) is 13.2. The number of carbonyl (C=O) groups is 1. The van der Waals surface area contributed by atoms with E-state index in [-0.39, 0.29) is 5.82 Å². The van der Waals surface area contributed by atoms with Crippen LogP contribution in [0.25, 0.3) is 0 Å². The Labute approximate surface area is 239 Å². The Morgan fingerprint density at radius 3 is 2.54 bits per heavy atom. The van der Waals surface area contributed by atoms with Crippen LogP contribution in [0.1, 0.15) is 39.9 Å². The summed E-state index contributed by atoms with van der Waals surface area (Å²) in [5.41, 5.74) is 8.88. The molecule has 1 aliphatic rings. The van der Waals surface area contributed by atoms with E-state index in [0.717, 1.165) is 28.9 Å². The zero-order chi connectivity index (χ0) is 28.0. The molecule has 0 atom stereocenters. The molecule has 0 amide bonds. The minimum atomic E-state index is -0.344. The number of guanidine groups is 1. The number of piperidine rings is 1. The number of benzene rings is 3. The van der Waals surface area contributed by atoms with Crippen molar-refractivity contribution in [3.8, 4) is 5.75 Å². The summed E-state index contributed by atoms with van der Waals surface area (Å²) in [6.07, 6.45) is 4.21. The number of nitrogens with zero attached hydrogens (tertiary/aromatic N) is 2. The normalized spacial score (nSPS) is 14.3. The lowest BCUT2D eigenvalue weighted by Crippen LogP contribution is -2.40. The molecule has 1 fully saturated rings. The number of methoxy groups -OCH3 is 1. The molecule has 0 aliphatic carbocycles. The molecule has 6 nitrogen and oxygen atoms in total. The maximum atomic E-state index is 13.8. The molecule has 208 valence electrons. The van der Waals surface area contributed by atoms with Gasteiger partial charge in [0.25, 0.3) is 0 Å². The number of aliphatic imine (C=N–C) groups is 1. The van der Waals surface area contributed by atoms with Gasteiger partial charge in [0.2, 0.25) is 0 Å². The third-order valence-corrected chi connectivity index (χ3v) is 7.43. The molecule has 1 aliphatic heterocycles. The number of likely N-dealkylation sites (tertiary alicyclic amines) is 1. The minimum absolute atomic E-state index is 0.344. The van der Waals surface area contributed by atoms with Crippen LogP contribution in [0.2, 0.25) is 0 Å². The second kappa shape index (κ2) is 16.0. The van der Waals surface area contributed by atoms with Crippen LogP contribution in [0, 0.1) is 11.7 Å². The lowest BCUT2D eigenvalue weighted by molar-refractivity contribution is 0.112. The molecule has 4 rings (SSSR count). The first kappa shape index (κ1) is 30.3. The van der Waals surface area contributed by atoms with Crippen molar-refractivity contribution in [1.82, 2.24) is 10.2 Å². The van der Waals surface area contributed by atoms with Gasteiger partial charge in [-0.3, -0.25) is 14.7 Å². The maximum absolute atomic E-state index is 13.8. The van der Waals surface area contributed by atoms with Gasteiger partial charge in [0.1, 0.15) is 17.9 Å². The van der Waals surface area contributed by atoms with Gasteiger partial charge in [-0.05, 0) is 85.6 Å². The van der Waals surface area contributed by atoms with E-state index in [1.807, 2.05) is 18.2 Å². The van der Waals surface area contributed by atoms with Crippen molar-refractivity contribution < 1.29 is 13.9 Å². The average Bonchev–Trinajstić information content (AvgIpc) is 2.96. The van der Waals surface area contributed by atoms with Gasteiger partial charge in [0.15, 0.2) is 5.96 Å². The quantitative estimate of drug-likeness (QED) is 0.190. The van der Waals surface area contributed by atoms with Crippen molar-refractivity contribution in [3.05, 3.63) is 99.3 Å². The number of aryl methyl sites for hydroxylation is 1. The Morgan fingerprint density at radius 2 is 1.87 bits per heavy atom. The van der Waals surface area contributed by atoms with Crippen LogP contribution in [-0.4, -0.2) is 50.9 Å². The second-order valence-corrected chi connectivity index (χ2v) is 10.5. The monoisotopic (exact) mass is 596 g/mol. The standard InChI is InChI=1S/C16H14BrFO2.C15H24N4/c1-20-16-8-6-13(17)9-11(16)5-7-14-12(10-19)3-2-4-15(14)18;1-17-15(16)18-11-13-7-9-19(10-8-13)12-14-5-3-2-4-6-14/h2-4,6,8-10H,5,7H2,1H3;2-6,13H,7-12H2,1H3,(H3,16,17,18). The molecular formula is C31H38BrFN4O2. The van der Waals surface area contributed by atoms with Crippen LogP contribution in [-0.2, 0) is 19.4 Å². The highest BCUT2D eigenvalue weighted by Crippen LogP contribution is 2.25. The highest BCUT2D eigenvalue weighted by molar-refractivity contribution is 9.10. The number of ether oxygens (including phenoxy) is 1. The summed E-state index contributed by atoms with van der Waals surface area (Å²) in [5, 5.41) is 3.18. The summed E-state index contributed by atoms with van der Waals surface area (Å²) in [4.78, 5) is 17.4. The summed E-state index contributed by atoms with van der Waals surface area (Å²) >= 11 is 3.41. The Balaban J connectivity index is 0.000000216. The number of nitrogens with one attached hydrogen (secondary N) is 1. The van der Waals surface area contributed by atoms with E-state index in [0.29, 0.717) is 42.1 Å². The van der Waals surface area contributed by atoms with Gasteiger partial charge in [0.05, 0.1) is 7.11 Å². The van der Waals surface area contributed by atoms with Gasteiger partial charge >= 0.3 is 0 Å². The van der Waals surface area contributed by atoms with Crippen LogP contribution in [0.3, 0.4) is 0 Å². The topological polar surface area (TPSA) is 79.9 Å². The van der Waals surface area contributed by atoms with Gasteiger partial charge < -0.3 is 15.8 Å². The zero-order valence-corrected chi connectivity index (χ0v) is 24.3. The molecule has 3 N–H and O–H groups in total. The van der Waals surface area contributed by atoms with Crippen LogP contribution >= 0.6 is 15.9 Å². The van der Waals surface area contributed by atoms with Crippen molar-refractivity contribution in [3.63, 3.8) is 0 Å². The third kappa shape index (κ3) is 9.79. The van der Waals surface area contributed by atoms with Crippen molar-refractivity contribution in [2.45, 2.75) is 32.2 Å². The van der Waals surface area contributed by atoms with Gasteiger partial charge in [0, 0.05) is 30.2 Å². The Bertz CT molecular complexity index is 1210. The molecule has 0 unspecified atom stereocenters. The Hall–Kier alpha value is -3.23.